The Hall–Kier alpha value is -4.58. The van der Waals surface area contributed by atoms with Crippen LogP contribution in [0.15, 0.2) is 103 Å². The third-order valence-corrected chi connectivity index (χ3v) is 6.58. The molecule has 1 amide bonds. The quantitative estimate of drug-likeness (QED) is 0.272. The van der Waals surface area contributed by atoms with E-state index in [1.807, 2.05) is 78.9 Å². The van der Waals surface area contributed by atoms with Crippen LogP contribution in [-0.2, 0) is 27.5 Å². The van der Waals surface area contributed by atoms with Crippen molar-refractivity contribution in [1.29, 1.82) is 0 Å². The van der Waals surface area contributed by atoms with Crippen LogP contribution in [-0.4, -0.2) is 24.7 Å². The van der Waals surface area contributed by atoms with Crippen LogP contribution < -0.4 is 10.1 Å². The molecular formula is C32H29NO5. The second-order valence-corrected chi connectivity index (χ2v) is 9.22. The van der Waals surface area contributed by atoms with Crippen LogP contribution in [0, 0.1) is 0 Å². The largest absolute Gasteiger partial charge is 0.489 e. The summed E-state index contributed by atoms with van der Waals surface area (Å²) in [6, 6.07) is 32.7. The van der Waals surface area contributed by atoms with Crippen LogP contribution in [0.25, 0.3) is 11.1 Å². The van der Waals surface area contributed by atoms with Gasteiger partial charge in [0.05, 0.1) is 0 Å². The van der Waals surface area contributed by atoms with Gasteiger partial charge < -0.3 is 19.5 Å². The maximum Gasteiger partial charge on any atom is 0.407 e. The Morgan fingerprint density at radius 2 is 1.29 bits per heavy atom. The fourth-order valence-corrected chi connectivity index (χ4v) is 4.58. The zero-order valence-electron chi connectivity index (χ0n) is 21.1. The molecule has 192 valence electrons. The molecule has 6 nitrogen and oxygen atoms in total. The molecule has 0 aliphatic heterocycles. The highest BCUT2D eigenvalue weighted by atomic mass is 16.6. The van der Waals surface area contributed by atoms with Gasteiger partial charge in [-0.3, -0.25) is 0 Å². The average Bonchev–Trinajstić information content (AvgIpc) is 3.28. The van der Waals surface area contributed by atoms with Crippen molar-refractivity contribution in [2.45, 2.75) is 32.1 Å². The van der Waals surface area contributed by atoms with E-state index >= 15 is 0 Å². The van der Waals surface area contributed by atoms with Gasteiger partial charge in [0.15, 0.2) is 0 Å². The monoisotopic (exact) mass is 507 g/mol. The van der Waals surface area contributed by atoms with Crippen molar-refractivity contribution < 1.29 is 23.8 Å². The summed E-state index contributed by atoms with van der Waals surface area (Å²) < 4.78 is 16.7. The summed E-state index contributed by atoms with van der Waals surface area (Å²) in [7, 11) is 0. The molecule has 0 radical (unpaired) electrons. The molecule has 1 aliphatic rings. The molecule has 0 aromatic heterocycles. The molecule has 1 N–H and O–H groups in total. The van der Waals surface area contributed by atoms with Crippen molar-refractivity contribution >= 4 is 12.1 Å². The van der Waals surface area contributed by atoms with Gasteiger partial charge in [-0.1, -0.05) is 91.0 Å². The molecule has 0 saturated carbocycles. The number of benzene rings is 4. The van der Waals surface area contributed by atoms with Gasteiger partial charge in [0.1, 0.15) is 31.6 Å². The number of fused-ring (bicyclic) bond motifs is 3. The molecule has 0 fully saturated rings. The number of carbonyl (C=O) groups excluding carboxylic acids is 2. The minimum atomic E-state index is -0.848. The van der Waals surface area contributed by atoms with E-state index in [9.17, 15) is 9.59 Å². The smallest absolute Gasteiger partial charge is 0.407 e. The van der Waals surface area contributed by atoms with E-state index in [0.29, 0.717) is 6.61 Å². The molecule has 4 aromatic carbocycles. The highest BCUT2D eigenvalue weighted by Crippen LogP contribution is 2.44. The molecule has 38 heavy (non-hydrogen) atoms. The van der Waals surface area contributed by atoms with Gasteiger partial charge in [0.2, 0.25) is 0 Å². The number of rotatable bonds is 9. The molecule has 0 heterocycles. The summed E-state index contributed by atoms with van der Waals surface area (Å²) in [6.45, 7) is 2.33. The normalized spacial score (nSPS) is 12.7. The number of hydrogen-bond donors (Lipinski definition) is 1. The number of carbonyl (C=O) groups is 2. The van der Waals surface area contributed by atoms with E-state index in [-0.39, 0.29) is 19.1 Å². The fraction of sp³-hybridized carbons (Fsp3) is 0.188. The number of esters is 1. The fourth-order valence-electron chi connectivity index (χ4n) is 4.58. The molecule has 0 unspecified atom stereocenters. The lowest BCUT2D eigenvalue weighted by molar-refractivity contribution is -0.146. The van der Waals surface area contributed by atoms with Crippen molar-refractivity contribution in [3.63, 3.8) is 0 Å². The van der Waals surface area contributed by atoms with Crippen molar-refractivity contribution in [3.05, 3.63) is 125 Å². The van der Waals surface area contributed by atoms with Gasteiger partial charge in [-0.25, -0.2) is 9.59 Å². The lowest BCUT2D eigenvalue weighted by atomic mass is 9.98. The Morgan fingerprint density at radius 3 is 1.95 bits per heavy atom. The summed E-state index contributed by atoms with van der Waals surface area (Å²) in [6.07, 6.45) is -0.656. The first-order chi connectivity index (χ1) is 18.6. The van der Waals surface area contributed by atoms with Crippen LogP contribution in [0.1, 0.15) is 35.1 Å². The van der Waals surface area contributed by atoms with E-state index in [2.05, 4.69) is 29.6 Å². The Bertz CT molecular complexity index is 1360. The zero-order chi connectivity index (χ0) is 26.3. The second kappa shape index (κ2) is 11.6. The van der Waals surface area contributed by atoms with Crippen LogP contribution >= 0.6 is 0 Å². The van der Waals surface area contributed by atoms with Gasteiger partial charge in [-0.05, 0) is 52.4 Å². The Labute approximate surface area is 222 Å². The predicted molar refractivity (Wildman–Crippen MR) is 145 cm³/mol. The van der Waals surface area contributed by atoms with Gasteiger partial charge in [-0.15, -0.1) is 0 Å². The minimum absolute atomic E-state index is 0.0462. The summed E-state index contributed by atoms with van der Waals surface area (Å²) >= 11 is 0. The van der Waals surface area contributed by atoms with E-state index < -0.39 is 18.1 Å². The molecule has 1 atom stereocenters. The lowest BCUT2D eigenvalue weighted by Crippen LogP contribution is -2.40. The molecule has 1 aliphatic carbocycles. The van der Waals surface area contributed by atoms with E-state index in [1.54, 1.807) is 6.92 Å². The molecule has 0 saturated heterocycles. The van der Waals surface area contributed by atoms with E-state index in [4.69, 9.17) is 14.2 Å². The topological polar surface area (TPSA) is 73.9 Å². The first-order valence-electron chi connectivity index (χ1n) is 12.6. The van der Waals surface area contributed by atoms with Gasteiger partial charge in [0.25, 0.3) is 0 Å². The van der Waals surface area contributed by atoms with E-state index in [0.717, 1.165) is 39.1 Å². The highest BCUT2D eigenvalue weighted by molar-refractivity contribution is 5.81. The van der Waals surface area contributed by atoms with Gasteiger partial charge >= 0.3 is 12.1 Å². The highest BCUT2D eigenvalue weighted by Gasteiger charge is 2.29. The standard InChI is InChI=1S/C32H29NO5/c1-22(31(34)37-20-24-15-17-25(18-16-24)36-19-23-9-3-2-4-10-23)33-32(35)38-21-30-28-13-7-5-11-26(28)27-12-6-8-14-29(27)30/h2-18,22,30H,19-21H2,1H3,(H,33,35)/t22-/m0/s1. The maximum absolute atomic E-state index is 12.5. The Morgan fingerprint density at radius 1 is 0.711 bits per heavy atom. The average molecular weight is 508 g/mol. The molecule has 4 aromatic rings. The molecule has 0 spiro atoms. The van der Waals surface area contributed by atoms with Crippen molar-refractivity contribution in [1.82, 2.24) is 5.32 Å². The van der Waals surface area contributed by atoms with Crippen LogP contribution in [0.2, 0.25) is 0 Å². The summed E-state index contributed by atoms with van der Waals surface area (Å²) in [5.41, 5.74) is 6.48. The SMILES string of the molecule is C[C@H](NC(=O)OCC1c2ccccc2-c2ccccc21)C(=O)OCc1ccc(OCc2ccccc2)cc1. The number of ether oxygens (including phenoxy) is 3. The van der Waals surface area contributed by atoms with E-state index in [1.165, 1.54) is 0 Å². The summed E-state index contributed by atoms with van der Waals surface area (Å²) in [4.78, 5) is 24.9. The summed E-state index contributed by atoms with van der Waals surface area (Å²) in [5, 5.41) is 2.57. The van der Waals surface area contributed by atoms with Crippen LogP contribution in [0.3, 0.4) is 0 Å². The van der Waals surface area contributed by atoms with Crippen LogP contribution in [0.5, 0.6) is 5.75 Å². The third-order valence-electron chi connectivity index (χ3n) is 6.58. The number of nitrogens with one attached hydrogen (secondary N) is 1. The Balaban J connectivity index is 1.07. The van der Waals surface area contributed by atoms with Gasteiger partial charge in [0, 0.05) is 5.92 Å². The minimum Gasteiger partial charge on any atom is -0.489 e. The number of amides is 1. The number of alkyl carbamates (subject to hydrolysis) is 1. The number of hydrogen-bond acceptors (Lipinski definition) is 5. The van der Waals surface area contributed by atoms with Gasteiger partial charge in [-0.2, -0.15) is 0 Å². The zero-order valence-corrected chi connectivity index (χ0v) is 21.1. The van der Waals surface area contributed by atoms with Crippen molar-refractivity contribution in [2.24, 2.45) is 0 Å². The maximum atomic E-state index is 12.5. The summed E-state index contributed by atoms with van der Waals surface area (Å²) in [5.74, 6) is 0.146. The molecular weight excluding hydrogens is 478 g/mol. The first-order valence-corrected chi connectivity index (χ1v) is 12.6. The lowest BCUT2D eigenvalue weighted by Gasteiger charge is -2.17. The third kappa shape index (κ3) is 5.86. The van der Waals surface area contributed by atoms with Crippen molar-refractivity contribution in [2.75, 3.05) is 6.61 Å². The van der Waals surface area contributed by atoms with Crippen LogP contribution in [0.4, 0.5) is 4.79 Å². The molecule has 6 heteroatoms. The van der Waals surface area contributed by atoms with Crippen molar-refractivity contribution in [3.8, 4) is 16.9 Å². The predicted octanol–water partition coefficient (Wildman–Crippen LogP) is 6.24. The molecule has 5 rings (SSSR count). The molecule has 0 bridgehead atoms. The second-order valence-electron chi connectivity index (χ2n) is 9.22. The first kappa shape index (κ1) is 25.1. The Kier molecular flexibility index (Phi) is 7.69.